The molecule has 0 saturated heterocycles. The maximum Gasteiger partial charge on any atom is 0.416 e. The van der Waals surface area contributed by atoms with Crippen LogP contribution in [0.4, 0.5) is 18.9 Å². The Kier molecular flexibility index (Phi) is 4.24. The molecule has 0 radical (unpaired) electrons. The summed E-state index contributed by atoms with van der Waals surface area (Å²) in [4.78, 5) is 12.2. The van der Waals surface area contributed by atoms with Gasteiger partial charge in [0.25, 0.3) is 0 Å². The minimum absolute atomic E-state index is 0.0830. The molecule has 3 rings (SSSR count). The van der Waals surface area contributed by atoms with Crippen LogP contribution < -0.4 is 5.32 Å². The van der Waals surface area contributed by atoms with Crippen LogP contribution in [0.1, 0.15) is 22.4 Å². The van der Waals surface area contributed by atoms with Crippen LogP contribution in [-0.2, 0) is 17.4 Å². The molecule has 0 aliphatic rings. The number of alkyl halides is 3. The van der Waals surface area contributed by atoms with Gasteiger partial charge in [0.1, 0.15) is 5.69 Å². The third-order valence-corrected chi connectivity index (χ3v) is 3.96. The van der Waals surface area contributed by atoms with Crippen LogP contribution in [0, 0.1) is 13.8 Å². The number of rotatable bonds is 3. The summed E-state index contributed by atoms with van der Waals surface area (Å²) in [6, 6.07) is 8.22. The molecule has 0 aliphatic carbocycles. The number of halogens is 3. The Labute approximate surface area is 141 Å². The molecule has 3 aromatic rings. The van der Waals surface area contributed by atoms with E-state index in [9.17, 15) is 18.0 Å². The molecule has 1 N–H and O–H groups in total. The lowest BCUT2D eigenvalue weighted by atomic mass is 10.1. The van der Waals surface area contributed by atoms with Crippen molar-refractivity contribution in [2.75, 3.05) is 5.32 Å². The first kappa shape index (κ1) is 17.0. The number of nitrogens with zero attached hydrogens (tertiary/aromatic N) is 1. The molecule has 0 unspecified atom stereocenters. The Morgan fingerprint density at radius 3 is 2.60 bits per heavy atom. The fourth-order valence-corrected chi connectivity index (χ4v) is 2.50. The van der Waals surface area contributed by atoms with Crippen molar-refractivity contribution in [1.29, 1.82) is 0 Å². The zero-order chi connectivity index (χ0) is 18.2. The molecule has 0 bridgehead atoms. The molecule has 0 saturated carbocycles. The summed E-state index contributed by atoms with van der Waals surface area (Å²) in [6.45, 7) is 3.88. The van der Waals surface area contributed by atoms with E-state index in [0.717, 1.165) is 28.6 Å². The van der Waals surface area contributed by atoms with Gasteiger partial charge in [0.15, 0.2) is 5.58 Å². The first-order valence-corrected chi connectivity index (χ1v) is 7.56. The number of fused-ring (bicyclic) bond motifs is 1. The molecular formula is C18H15F3N2O2. The van der Waals surface area contributed by atoms with E-state index in [1.54, 1.807) is 0 Å². The van der Waals surface area contributed by atoms with Crippen molar-refractivity contribution in [2.24, 2.45) is 0 Å². The quantitative estimate of drug-likeness (QED) is 0.750. The molecule has 130 valence electrons. The van der Waals surface area contributed by atoms with Crippen molar-refractivity contribution in [3.8, 4) is 0 Å². The Hall–Kier alpha value is -2.83. The standard InChI is InChI=1S/C18H15F3N2O2/c1-10-6-14-15(23-25-16(14)7-11(10)2)9-17(24)22-13-5-3-4-12(8-13)18(19,20)21/h3-8H,9H2,1-2H3,(H,22,24). The summed E-state index contributed by atoms with van der Waals surface area (Å²) >= 11 is 0. The smallest absolute Gasteiger partial charge is 0.356 e. The van der Waals surface area contributed by atoms with Crippen LogP contribution >= 0.6 is 0 Å². The van der Waals surface area contributed by atoms with Crippen LogP contribution in [0.25, 0.3) is 11.0 Å². The zero-order valence-corrected chi connectivity index (χ0v) is 13.6. The van der Waals surface area contributed by atoms with E-state index in [0.29, 0.717) is 11.3 Å². The molecular weight excluding hydrogens is 333 g/mol. The molecule has 1 heterocycles. The maximum absolute atomic E-state index is 12.7. The number of amides is 1. The van der Waals surface area contributed by atoms with Gasteiger partial charge in [-0.2, -0.15) is 13.2 Å². The first-order chi connectivity index (χ1) is 11.7. The summed E-state index contributed by atoms with van der Waals surface area (Å²) < 4.78 is 43.4. The maximum atomic E-state index is 12.7. The van der Waals surface area contributed by atoms with Crippen LogP contribution in [0.2, 0.25) is 0 Å². The lowest BCUT2D eigenvalue weighted by Crippen LogP contribution is -2.15. The van der Waals surface area contributed by atoms with E-state index in [2.05, 4.69) is 10.5 Å². The SMILES string of the molecule is Cc1cc2onc(CC(=O)Nc3cccc(C(F)(F)F)c3)c2cc1C. The predicted octanol–water partition coefficient (Wildman–Crippen LogP) is 4.64. The van der Waals surface area contributed by atoms with Crippen molar-refractivity contribution >= 4 is 22.6 Å². The first-order valence-electron chi connectivity index (χ1n) is 7.56. The second-order valence-corrected chi connectivity index (χ2v) is 5.87. The summed E-state index contributed by atoms with van der Waals surface area (Å²) in [5, 5.41) is 7.09. The van der Waals surface area contributed by atoms with Gasteiger partial charge in [-0.3, -0.25) is 4.79 Å². The van der Waals surface area contributed by atoms with Gasteiger partial charge in [-0.1, -0.05) is 11.2 Å². The molecule has 1 amide bonds. The molecule has 25 heavy (non-hydrogen) atoms. The highest BCUT2D eigenvalue weighted by molar-refractivity contribution is 5.95. The normalized spacial score (nSPS) is 11.7. The second kappa shape index (κ2) is 6.23. The molecule has 0 fully saturated rings. The summed E-state index contributed by atoms with van der Waals surface area (Å²) in [7, 11) is 0. The van der Waals surface area contributed by atoms with E-state index < -0.39 is 17.6 Å². The number of anilines is 1. The van der Waals surface area contributed by atoms with E-state index in [-0.39, 0.29) is 12.1 Å². The van der Waals surface area contributed by atoms with Gasteiger partial charge in [-0.25, -0.2) is 0 Å². The van der Waals surface area contributed by atoms with Crippen molar-refractivity contribution in [3.63, 3.8) is 0 Å². The number of aryl methyl sites for hydroxylation is 2. The average Bonchev–Trinajstić information content (AvgIpc) is 2.89. The summed E-state index contributed by atoms with van der Waals surface area (Å²) in [5.74, 6) is -0.465. The second-order valence-electron chi connectivity index (χ2n) is 5.87. The fourth-order valence-electron chi connectivity index (χ4n) is 2.50. The number of hydrogen-bond acceptors (Lipinski definition) is 3. The number of benzene rings is 2. The summed E-state index contributed by atoms with van der Waals surface area (Å²) in [5.41, 5.74) is 2.37. The highest BCUT2D eigenvalue weighted by Crippen LogP contribution is 2.30. The average molecular weight is 348 g/mol. The third-order valence-electron chi connectivity index (χ3n) is 3.96. The number of hydrogen-bond donors (Lipinski definition) is 1. The summed E-state index contributed by atoms with van der Waals surface area (Å²) in [6.07, 6.45) is -4.55. The number of carbonyl (C=O) groups excluding carboxylic acids is 1. The molecule has 2 aromatic carbocycles. The van der Waals surface area contributed by atoms with Gasteiger partial charge in [0.05, 0.1) is 12.0 Å². The molecule has 1 aromatic heterocycles. The van der Waals surface area contributed by atoms with Crippen molar-refractivity contribution < 1.29 is 22.5 Å². The van der Waals surface area contributed by atoms with Crippen molar-refractivity contribution in [2.45, 2.75) is 26.4 Å². The predicted molar refractivity (Wildman–Crippen MR) is 87.3 cm³/mol. The Morgan fingerprint density at radius 1 is 1.16 bits per heavy atom. The number of aromatic nitrogens is 1. The van der Waals surface area contributed by atoms with Crippen LogP contribution in [0.15, 0.2) is 40.9 Å². The Bertz CT molecular complexity index is 945. The van der Waals surface area contributed by atoms with Crippen LogP contribution in [0.3, 0.4) is 0 Å². The number of carbonyl (C=O) groups is 1. The van der Waals surface area contributed by atoms with Crippen molar-refractivity contribution in [1.82, 2.24) is 5.16 Å². The molecule has 0 atom stereocenters. The molecule has 0 aliphatic heterocycles. The Morgan fingerprint density at radius 2 is 1.88 bits per heavy atom. The van der Waals surface area contributed by atoms with Gasteiger partial charge >= 0.3 is 6.18 Å². The largest absolute Gasteiger partial charge is 0.416 e. The highest BCUT2D eigenvalue weighted by atomic mass is 19.4. The van der Waals surface area contributed by atoms with E-state index in [1.807, 2.05) is 26.0 Å². The van der Waals surface area contributed by atoms with Gasteiger partial charge in [-0.05, 0) is 55.3 Å². The minimum atomic E-state index is -4.46. The lowest BCUT2D eigenvalue weighted by Gasteiger charge is -2.09. The third kappa shape index (κ3) is 3.65. The zero-order valence-electron chi connectivity index (χ0n) is 13.6. The van der Waals surface area contributed by atoms with E-state index >= 15 is 0 Å². The van der Waals surface area contributed by atoms with Gasteiger partial charge in [0.2, 0.25) is 5.91 Å². The van der Waals surface area contributed by atoms with Crippen molar-refractivity contribution in [3.05, 3.63) is 58.8 Å². The topological polar surface area (TPSA) is 55.1 Å². The Balaban J connectivity index is 1.78. The van der Waals surface area contributed by atoms with E-state index in [4.69, 9.17) is 4.52 Å². The van der Waals surface area contributed by atoms with Crippen LogP contribution in [0.5, 0.6) is 0 Å². The van der Waals surface area contributed by atoms with Gasteiger partial charge < -0.3 is 9.84 Å². The monoisotopic (exact) mass is 348 g/mol. The van der Waals surface area contributed by atoms with E-state index in [1.165, 1.54) is 12.1 Å². The molecule has 0 spiro atoms. The van der Waals surface area contributed by atoms with Gasteiger partial charge in [0, 0.05) is 11.1 Å². The molecule has 7 heteroatoms. The fraction of sp³-hybridized carbons (Fsp3) is 0.222. The lowest BCUT2D eigenvalue weighted by molar-refractivity contribution is -0.137. The minimum Gasteiger partial charge on any atom is -0.356 e. The van der Waals surface area contributed by atoms with Gasteiger partial charge in [-0.15, -0.1) is 0 Å². The number of nitrogens with one attached hydrogen (secondary N) is 1. The van der Waals surface area contributed by atoms with Crippen LogP contribution in [-0.4, -0.2) is 11.1 Å². The molecule has 4 nitrogen and oxygen atoms in total. The highest BCUT2D eigenvalue weighted by Gasteiger charge is 2.30.